The molecule has 0 atom stereocenters. The second-order valence-electron chi connectivity index (χ2n) is 3.58. The van der Waals surface area contributed by atoms with E-state index in [4.69, 9.17) is 16.7 Å². The fourth-order valence-corrected chi connectivity index (χ4v) is 2.73. The molecule has 1 N–H and O–H groups in total. The van der Waals surface area contributed by atoms with Crippen molar-refractivity contribution in [2.45, 2.75) is 6.54 Å². The van der Waals surface area contributed by atoms with Crippen molar-refractivity contribution < 1.29 is 9.90 Å². The van der Waals surface area contributed by atoms with Crippen molar-refractivity contribution >= 4 is 29.3 Å². The Morgan fingerprint density at radius 3 is 3.12 bits per heavy atom. The van der Waals surface area contributed by atoms with E-state index in [-0.39, 0.29) is 0 Å². The van der Waals surface area contributed by atoms with Gasteiger partial charge in [-0.25, -0.2) is 9.78 Å². The molecule has 2 heterocycles. The lowest BCUT2D eigenvalue weighted by molar-refractivity contribution is -0.131. The number of carbonyl (C=O) groups is 1. The number of carboxylic acid groups (broad SMARTS) is 1. The highest BCUT2D eigenvalue weighted by atomic mass is 35.5. The number of pyridine rings is 1. The van der Waals surface area contributed by atoms with Gasteiger partial charge in [0.2, 0.25) is 0 Å². The van der Waals surface area contributed by atoms with E-state index in [1.807, 2.05) is 11.0 Å². The third kappa shape index (κ3) is 3.38. The highest BCUT2D eigenvalue weighted by molar-refractivity contribution is 8.03. The zero-order valence-corrected chi connectivity index (χ0v) is 10.5. The van der Waals surface area contributed by atoms with Gasteiger partial charge >= 0.3 is 5.97 Å². The number of hydrogen-bond donors (Lipinski definition) is 1. The van der Waals surface area contributed by atoms with E-state index in [1.54, 1.807) is 24.0 Å². The summed E-state index contributed by atoms with van der Waals surface area (Å²) in [6.07, 6.45) is 2.96. The first-order chi connectivity index (χ1) is 8.15. The zero-order chi connectivity index (χ0) is 12.3. The van der Waals surface area contributed by atoms with Crippen LogP contribution < -0.4 is 0 Å². The number of rotatable bonds is 3. The van der Waals surface area contributed by atoms with Crippen LogP contribution in [0.5, 0.6) is 0 Å². The Hall–Kier alpha value is -1.20. The molecular weight excluding hydrogens is 260 g/mol. The summed E-state index contributed by atoms with van der Waals surface area (Å²) in [6, 6.07) is 3.64. The van der Waals surface area contributed by atoms with Crippen LogP contribution >= 0.6 is 23.4 Å². The monoisotopic (exact) mass is 270 g/mol. The van der Waals surface area contributed by atoms with E-state index in [2.05, 4.69) is 4.98 Å². The molecule has 1 aromatic heterocycles. The lowest BCUT2D eigenvalue weighted by atomic mass is 10.2. The van der Waals surface area contributed by atoms with Gasteiger partial charge in [0.25, 0.3) is 0 Å². The van der Waals surface area contributed by atoms with E-state index < -0.39 is 5.97 Å². The largest absolute Gasteiger partial charge is 0.478 e. The minimum atomic E-state index is -0.909. The van der Waals surface area contributed by atoms with Crippen molar-refractivity contribution in [2.75, 3.05) is 12.3 Å². The summed E-state index contributed by atoms with van der Waals surface area (Å²) in [6.45, 7) is 1.52. The number of carboxylic acids is 1. The number of aromatic nitrogens is 1. The van der Waals surface area contributed by atoms with Crippen LogP contribution in [0.2, 0.25) is 5.15 Å². The second kappa shape index (κ2) is 5.42. The van der Waals surface area contributed by atoms with Gasteiger partial charge in [-0.2, -0.15) is 0 Å². The molecule has 0 unspecified atom stereocenters. The summed E-state index contributed by atoms with van der Waals surface area (Å²) in [7, 11) is 0. The van der Waals surface area contributed by atoms with Crippen molar-refractivity contribution in [1.82, 2.24) is 9.88 Å². The minimum Gasteiger partial charge on any atom is -0.478 e. The van der Waals surface area contributed by atoms with Gasteiger partial charge < -0.3 is 10.0 Å². The molecular formula is C11H11ClN2O2S. The molecule has 4 nitrogen and oxygen atoms in total. The summed E-state index contributed by atoms with van der Waals surface area (Å²) >= 11 is 7.27. The molecule has 1 aliphatic heterocycles. The standard InChI is InChI=1S/C11H11ClN2O2S/c12-9-2-1-8(6-13-9)7-14-3-4-17-10(14)5-11(15)16/h1-2,5-6H,3-4,7H2,(H,15,16)/b10-5+. The smallest absolute Gasteiger partial charge is 0.330 e. The SMILES string of the molecule is O=C(O)/C=C1/SCCN1Cc1ccc(Cl)nc1. The molecule has 0 amide bonds. The van der Waals surface area contributed by atoms with E-state index in [0.717, 1.165) is 22.9 Å². The average molecular weight is 271 g/mol. The Bertz CT molecular complexity index is 447. The molecule has 2 rings (SSSR count). The van der Waals surface area contributed by atoms with Crippen molar-refractivity contribution in [3.05, 3.63) is 40.2 Å². The Morgan fingerprint density at radius 2 is 2.47 bits per heavy atom. The van der Waals surface area contributed by atoms with Crippen LogP contribution in [0.15, 0.2) is 29.4 Å². The third-order valence-corrected chi connectivity index (χ3v) is 3.61. The van der Waals surface area contributed by atoms with Gasteiger partial charge in [-0.3, -0.25) is 0 Å². The first-order valence-corrected chi connectivity index (χ1v) is 6.44. The van der Waals surface area contributed by atoms with Crippen LogP contribution in [0.4, 0.5) is 0 Å². The Morgan fingerprint density at radius 1 is 1.65 bits per heavy atom. The summed E-state index contributed by atoms with van der Waals surface area (Å²) < 4.78 is 0. The van der Waals surface area contributed by atoms with Crippen LogP contribution in [0.25, 0.3) is 0 Å². The van der Waals surface area contributed by atoms with Crippen LogP contribution in [0.3, 0.4) is 0 Å². The first kappa shape index (κ1) is 12.3. The first-order valence-electron chi connectivity index (χ1n) is 5.08. The molecule has 6 heteroatoms. The van der Waals surface area contributed by atoms with Gasteiger partial charge in [0.15, 0.2) is 0 Å². The van der Waals surface area contributed by atoms with E-state index in [9.17, 15) is 4.79 Å². The third-order valence-electron chi connectivity index (χ3n) is 2.33. The van der Waals surface area contributed by atoms with Crippen molar-refractivity contribution in [3.8, 4) is 0 Å². The minimum absolute atomic E-state index is 0.464. The molecule has 0 bridgehead atoms. The Kier molecular flexibility index (Phi) is 3.91. The predicted octanol–water partition coefficient (Wildman–Crippen LogP) is 2.21. The van der Waals surface area contributed by atoms with Gasteiger partial charge in [0.1, 0.15) is 5.15 Å². The summed E-state index contributed by atoms with van der Waals surface area (Å²) in [5.41, 5.74) is 1.02. The quantitative estimate of drug-likeness (QED) is 0.674. The lowest BCUT2D eigenvalue weighted by Gasteiger charge is -2.18. The molecule has 1 saturated heterocycles. The van der Waals surface area contributed by atoms with E-state index in [1.165, 1.54) is 6.08 Å². The number of thioether (sulfide) groups is 1. The van der Waals surface area contributed by atoms with Gasteiger partial charge in [-0.15, -0.1) is 11.8 Å². The maximum absolute atomic E-state index is 10.7. The summed E-state index contributed by atoms with van der Waals surface area (Å²) in [5.74, 6) is 0.00812. The Labute approximate surface area is 108 Å². The molecule has 1 aliphatic rings. The van der Waals surface area contributed by atoms with Crippen LogP contribution in [0.1, 0.15) is 5.56 Å². The number of halogens is 1. The van der Waals surface area contributed by atoms with Crippen molar-refractivity contribution in [1.29, 1.82) is 0 Å². The number of hydrogen-bond acceptors (Lipinski definition) is 4. The fourth-order valence-electron chi connectivity index (χ4n) is 1.58. The fraction of sp³-hybridized carbons (Fsp3) is 0.273. The molecule has 1 fully saturated rings. The lowest BCUT2D eigenvalue weighted by Crippen LogP contribution is -2.18. The zero-order valence-electron chi connectivity index (χ0n) is 8.97. The summed E-state index contributed by atoms with van der Waals surface area (Å²) in [4.78, 5) is 16.7. The summed E-state index contributed by atoms with van der Waals surface area (Å²) in [5, 5.41) is 10.0. The van der Waals surface area contributed by atoms with E-state index in [0.29, 0.717) is 11.7 Å². The maximum atomic E-state index is 10.7. The number of aliphatic carboxylic acids is 1. The number of nitrogens with zero attached hydrogens (tertiary/aromatic N) is 2. The van der Waals surface area contributed by atoms with Gasteiger partial charge in [0.05, 0.1) is 11.1 Å². The van der Waals surface area contributed by atoms with E-state index >= 15 is 0 Å². The molecule has 1 aromatic rings. The molecule has 90 valence electrons. The normalized spacial score (nSPS) is 17.7. The second-order valence-corrected chi connectivity index (χ2v) is 5.08. The molecule has 0 radical (unpaired) electrons. The maximum Gasteiger partial charge on any atom is 0.330 e. The van der Waals surface area contributed by atoms with Crippen LogP contribution in [-0.2, 0) is 11.3 Å². The molecule has 17 heavy (non-hydrogen) atoms. The van der Waals surface area contributed by atoms with Gasteiger partial charge in [0, 0.05) is 25.0 Å². The highest BCUT2D eigenvalue weighted by Crippen LogP contribution is 2.29. The van der Waals surface area contributed by atoms with Crippen LogP contribution in [-0.4, -0.2) is 33.3 Å². The van der Waals surface area contributed by atoms with Gasteiger partial charge in [-0.05, 0) is 11.6 Å². The van der Waals surface area contributed by atoms with Crippen LogP contribution in [0, 0.1) is 0 Å². The average Bonchev–Trinajstić information content (AvgIpc) is 2.68. The predicted molar refractivity (Wildman–Crippen MR) is 67.8 cm³/mol. The van der Waals surface area contributed by atoms with Crippen molar-refractivity contribution in [3.63, 3.8) is 0 Å². The molecule has 0 aliphatic carbocycles. The molecule has 0 aromatic carbocycles. The highest BCUT2D eigenvalue weighted by Gasteiger charge is 2.18. The molecule has 0 spiro atoms. The van der Waals surface area contributed by atoms with Gasteiger partial charge in [-0.1, -0.05) is 17.7 Å². The molecule has 0 saturated carbocycles. The topological polar surface area (TPSA) is 53.4 Å². The van der Waals surface area contributed by atoms with Crippen molar-refractivity contribution in [2.24, 2.45) is 0 Å². The Balaban J connectivity index is 2.07.